The summed E-state index contributed by atoms with van der Waals surface area (Å²) in [6.07, 6.45) is 3.72. The third-order valence-electron chi connectivity index (χ3n) is 4.74. The Balaban J connectivity index is 1.88. The summed E-state index contributed by atoms with van der Waals surface area (Å²) in [4.78, 5) is 6.57. The number of rotatable bonds is 9. The van der Waals surface area contributed by atoms with Crippen molar-refractivity contribution < 1.29 is 0 Å². The molecule has 0 saturated carbocycles. The largest absolute Gasteiger partial charge is 0.355 e. The molecule has 2 N–H and O–H groups in total. The van der Waals surface area contributed by atoms with Crippen LogP contribution in [0.4, 0.5) is 0 Å². The van der Waals surface area contributed by atoms with Gasteiger partial charge in [0.25, 0.3) is 0 Å². The van der Waals surface area contributed by atoms with Crippen molar-refractivity contribution in [2.45, 2.75) is 39.3 Å². The van der Waals surface area contributed by atoms with Gasteiger partial charge >= 0.3 is 0 Å². The first kappa shape index (κ1) is 20.9. The predicted molar refractivity (Wildman–Crippen MR) is 111 cm³/mol. The van der Waals surface area contributed by atoms with Gasteiger partial charge in [-0.05, 0) is 31.6 Å². The summed E-state index contributed by atoms with van der Waals surface area (Å²) in [6, 6.07) is 9.14. The Morgan fingerprint density at radius 1 is 1.15 bits per heavy atom. The molecule has 1 atom stereocenters. The monoisotopic (exact) mass is 371 g/mol. The molecule has 0 saturated heterocycles. The molecule has 148 valence electrons. The molecule has 1 heterocycles. The standard InChI is InChI=1S/C20H33N7/c1-6-16-8-10-17(11-9-16)18(26(4)5)14-23-20(21-3)22-12-13-27-15-24-25-19(27)7-2/h8-11,15,18H,6-7,12-14H2,1-5H3,(H2,21,22,23). The average Bonchev–Trinajstić information content (AvgIpc) is 3.14. The normalized spacial score (nSPS) is 13.0. The highest BCUT2D eigenvalue weighted by molar-refractivity contribution is 5.79. The highest BCUT2D eigenvalue weighted by Gasteiger charge is 2.14. The smallest absolute Gasteiger partial charge is 0.191 e. The fraction of sp³-hybridized carbons (Fsp3) is 0.550. The van der Waals surface area contributed by atoms with E-state index in [1.165, 1.54) is 11.1 Å². The van der Waals surface area contributed by atoms with E-state index < -0.39 is 0 Å². The van der Waals surface area contributed by atoms with Crippen LogP contribution in [0.25, 0.3) is 0 Å². The Kier molecular flexibility index (Phi) is 8.26. The third kappa shape index (κ3) is 6.06. The maximum atomic E-state index is 4.34. The quantitative estimate of drug-likeness (QED) is 0.520. The minimum absolute atomic E-state index is 0.277. The second-order valence-electron chi connectivity index (χ2n) is 6.75. The molecule has 7 nitrogen and oxygen atoms in total. The lowest BCUT2D eigenvalue weighted by Crippen LogP contribution is -2.42. The van der Waals surface area contributed by atoms with E-state index in [0.717, 1.165) is 44.3 Å². The van der Waals surface area contributed by atoms with E-state index >= 15 is 0 Å². The summed E-state index contributed by atoms with van der Waals surface area (Å²) in [5.41, 5.74) is 2.67. The van der Waals surface area contributed by atoms with E-state index in [2.05, 4.69) is 87.5 Å². The van der Waals surface area contributed by atoms with Crippen LogP contribution in [0.15, 0.2) is 35.6 Å². The molecule has 2 rings (SSSR count). The average molecular weight is 372 g/mol. The van der Waals surface area contributed by atoms with Gasteiger partial charge < -0.3 is 20.1 Å². The zero-order chi connectivity index (χ0) is 19.6. The minimum Gasteiger partial charge on any atom is -0.355 e. The number of aromatic nitrogens is 3. The van der Waals surface area contributed by atoms with Crippen molar-refractivity contribution in [1.29, 1.82) is 0 Å². The number of nitrogens with one attached hydrogen (secondary N) is 2. The van der Waals surface area contributed by atoms with Crippen LogP contribution in [0, 0.1) is 0 Å². The van der Waals surface area contributed by atoms with Crippen LogP contribution >= 0.6 is 0 Å². The molecule has 0 aliphatic rings. The number of hydrogen-bond donors (Lipinski definition) is 2. The van der Waals surface area contributed by atoms with Crippen LogP contribution in [-0.4, -0.2) is 59.9 Å². The summed E-state index contributed by atoms with van der Waals surface area (Å²) in [6.45, 7) is 6.63. The summed E-state index contributed by atoms with van der Waals surface area (Å²) in [7, 11) is 6.01. The van der Waals surface area contributed by atoms with Crippen molar-refractivity contribution in [2.75, 3.05) is 34.2 Å². The van der Waals surface area contributed by atoms with Gasteiger partial charge in [-0.3, -0.25) is 4.99 Å². The van der Waals surface area contributed by atoms with Gasteiger partial charge in [0.2, 0.25) is 0 Å². The SMILES string of the molecule is CCc1ccc(C(CNC(=NC)NCCn2cnnc2CC)N(C)C)cc1. The van der Waals surface area contributed by atoms with E-state index in [9.17, 15) is 0 Å². The third-order valence-corrected chi connectivity index (χ3v) is 4.74. The van der Waals surface area contributed by atoms with Crippen molar-refractivity contribution in [3.8, 4) is 0 Å². The molecule has 7 heteroatoms. The van der Waals surface area contributed by atoms with Crippen LogP contribution in [0.3, 0.4) is 0 Å². The minimum atomic E-state index is 0.277. The fourth-order valence-corrected chi connectivity index (χ4v) is 3.02. The molecule has 0 aliphatic carbocycles. The lowest BCUT2D eigenvalue weighted by Gasteiger charge is -2.26. The molecule has 1 aromatic heterocycles. The summed E-state index contributed by atoms with van der Waals surface area (Å²) < 4.78 is 2.07. The molecule has 0 spiro atoms. The number of aryl methyl sites for hydroxylation is 2. The Bertz CT molecular complexity index is 703. The van der Waals surface area contributed by atoms with Crippen molar-refractivity contribution in [2.24, 2.45) is 4.99 Å². The van der Waals surface area contributed by atoms with E-state index in [-0.39, 0.29) is 6.04 Å². The van der Waals surface area contributed by atoms with Crippen molar-refractivity contribution in [3.63, 3.8) is 0 Å². The highest BCUT2D eigenvalue weighted by Crippen LogP contribution is 2.18. The molecule has 1 unspecified atom stereocenters. The molecule has 2 aromatic rings. The van der Waals surface area contributed by atoms with E-state index in [4.69, 9.17) is 0 Å². The number of guanidine groups is 1. The number of aliphatic imine (C=N–C) groups is 1. The first-order valence-corrected chi connectivity index (χ1v) is 9.65. The second-order valence-corrected chi connectivity index (χ2v) is 6.75. The zero-order valence-corrected chi connectivity index (χ0v) is 17.2. The first-order valence-electron chi connectivity index (χ1n) is 9.65. The van der Waals surface area contributed by atoms with E-state index in [1.807, 2.05) is 0 Å². The fourth-order valence-electron chi connectivity index (χ4n) is 3.02. The van der Waals surface area contributed by atoms with Gasteiger partial charge in [0.05, 0.1) is 6.04 Å². The Hall–Kier alpha value is -2.41. The molecule has 0 amide bonds. The van der Waals surface area contributed by atoms with Gasteiger partial charge in [0.1, 0.15) is 12.2 Å². The lowest BCUT2D eigenvalue weighted by molar-refractivity contribution is 0.298. The molecule has 0 fully saturated rings. The van der Waals surface area contributed by atoms with Gasteiger partial charge in [0, 0.05) is 33.1 Å². The number of hydrogen-bond acceptors (Lipinski definition) is 4. The van der Waals surface area contributed by atoms with Gasteiger partial charge in [0.15, 0.2) is 5.96 Å². The maximum Gasteiger partial charge on any atom is 0.191 e. The highest BCUT2D eigenvalue weighted by atomic mass is 15.3. The molecular weight excluding hydrogens is 338 g/mol. The van der Waals surface area contributed by atoms with Crippen LogP contribution in [0.1, 0.15) is 36.8 Å². The van der Waals surface area contributed by atoms with Crippen molar-refractivity contribution in [3.05, 3.63) is 47.5 Å². The van der Waals surface area contributed by atoms with Crippen LogP contribution in [0.5, 0.6) is 0 Å². The maximum absolute atomic E-state index is 4.34. The Labute approximate surface area is 162 Å². The predicted octanol–water partition coefficient (Wildman–Crippen LogP) is 1.87. The van der Waals surface area contributed by atoms with Crippen molar-refractivity contribution in [1.82, 2.24) is 30.3 Å². The van der Waals surface area contributed by atoms with Crippen LogP contribution in [0.2, 0.25) is 0 Å². The molecule has 0 bridgehead atoms. The molecule has 27 heavy (non-hydrogen) atoms. The van der Waals surface area contributed by atoms with Gasteiger partial charge in [-0.2, -0.15) is 0 Å². The topological polar surface area (TPSA) is 70.4 Å². The van der Waals surface area contributed by atoms with Crippen LogP contribution in [-0.2, 0) is 19.4 Å². The molecule has 1 aromatic carbocycles. The molecular formula is C20H33N7. The zero-order valence-electron chi connectivity index (χ0n) is 17.2. The van der Waals surface area contributed by atoms with E-state index in [1.54, 1.807) is 13.4 Å². The number of nitrogens with zero attached hydrogens (tertiary/aromatic N) is 5. The lowest BCUT2D eigenvalue weighted by atomic mass is 10.0. The Morgan fingerprint density at radius 3 is 2.48 bits per heavy atom. The summed E-state index contributed by atoms with van der Waals surface area (Å²) in [5, 5.41) is 14.9. The second kappa shape index (κ2) is 10.7. The summed E-state index contributed by atoms with van der Waals surface area (Å²) in [5.74, 6) is 1.81. The molecule has 0 aliphatic heterocycles. The Morgan fingerprint density at radius 2 is 1.89 bits per heavy atom. The number of likely N-dealkylation sites (N-methyl/N-ethyl adjacent to an activating group) is 1. The van der Waals surface area contributed by atoms with Gasteiger partial charge in [-0.1, -0.05) is 38.1 Å². The van der Waals surface area contributed by atoms with Crippen molar-refractivity contribution >= 4 is 5.96 Å². The van der Waals surface area contributed by atoms with Gasteiger partial charge in [-0.25, -0.2) is 0 Å². The van der Waals surface area contributed by atoms with Gasteiger partial charge in [-0.15, -0.1) is 10.2 Å². The first-order chi connectivity index (χ1) is 13.1. The summed E-state index contributed by atoms with van der Waals surface area (Å²) >= 11 is 0. The number of benzene rings is 1. The molecule has 0 radical (unpaired) electrons. The van der Waals surface area contributed by atoms with Crippen LogP contribution < -0.4 is 10.6 Å². The van der Waals surface area contributed by atoms with E-state index in [0.29, 0.717) is 0 Å².